The third kappa shape index (κ3) is 1.84. The van der Waals surface area contributed by atoms with Crippen molar-refractivity contribution in [3.8, 4) is 28.7 Å². The molecule has 0 unspecified atom stereocenters. The van der Waals surface area contributed by atoms with Crippen LogP contribution in [0.1, 0.15) is 37.4 Å². The summed E-state index contributed by atoms with van der Waals surface area (Å²) in [4.78, 5) is 25.6. The summed E-state index contributed by atoms with van der Waals surface area (Å²) in [5, 5.41) is 30.4. The fraction of sp³-hybridized carbons (Fsp3) is 0.176. The van der Waals surface area contributed by atoms with Crippen LogP contribution >= 0.6 is 0 Å². The van der Waals surface area contributed by atoms with Crippen molar-refractivity contribution in [3.05, 3.63) is 39.9 Å². The molecular weight excluding hydrogens is 316 g/mol. The number of benzene rings is 2. The van der Waals surface area contributed by atoms with E-state index >= 15 is 0 Å². The van der Waals surface area contributed by atoms with E-state index < -0.39 is 28.8 Å². The number of phenols is 3. The number of phenolic OH excluding ortho intramolecular Hbond substituents is 3. The standard InChI is InChI=1S/C17H14O7/c1-6-4-8(18)11-12(13(6)19)16(22)10-7(14(11)20)5-9(23-2)15(21)17(10)24-3/h4-5,18-19,21H,1-3H3. The lowest BCUT2D eigenvalue weighted by atomic mass is 9.81. The number of methoxy groups -OCH3 is 2. The van der Waals surface area contributed by atoms with Crippen LogP contribution in [-0.4, -0.2) is 41.1 Å². The highest BCUT2D eigenvalue weighted by Crippen LogP contribution is 2.47. The van der Waals surface area contributed by atoms with Gasteiger partial charge >= 0.3 is 0 Å². The molecule has 7 heteroatoms. The Balaban J connectivity index is 2.44. The van der Waals surface area contributed by atoms with Crippen LogP contribution in [0, 0.1) is 6.92 Å². The summed E-state index contributed by atoms with van der Waals surface area (Å²) in [7, 11) is 2.52. The number of aromatic hydroxyl groups is 3. The quantitative estimate of drug-likeness (QED) is 0.615. The van der Waals surface area contributed by atoms with Crippen LogP contribution in [-0.2, 0) is 0 Å². The number of rotatable bonds is 2. The Morgan fingerprint density at radius 2 is 1.50 bits per heavy atom. The summed E-state index contributed by atoms with van der Waals surface area (Å²) in [6.07, 6.45) is 0. The summed E-state index contributed by atoms with van der Waals surface area (Å²) >= 11 is 0. The summed E-state index contributed by atoms with van der Waals surface area (Å²) in [5.41, 5.74) is -0.628. The molecule has 3 N–H and O–H groups in total. The maximum Gasteiger partial charge on any atom is 0.202 e. The molecule has 2 aromatic carbocycles. The summed E-state index contributed by atoms with van der Waals surface area (Å²) in [6.45, 7) is 1.49. The van der Waals surface area contributed by atoms with Crippen molar-refractivity contribution in [2.75, 3.05) is 14.2 Å². The molecule has 24 heavy (non-hydrogen) atoms. The number of carbonyl (C=O) groups excluding carboxylic acids is 2. The van der Waals surface area contributed by atoms with Crippen molar-refractivity contribution in [3.63, 3.8) is 0 Å². The van der Waals surface area contributed by atoms with Gasteiger partial charge in [-0.1, -0.05) is 0 Å². The SMILES string of the molecule is COc1cc2c(c(OC)c1O)C(=O)c1c(O)c(C)cc(O)c1C2=O. The van der Waals surface area contributed by atoms with E-state index in [1.165, 1.54) is 33.3 Å². The van der Waals surface area contributed by atoms with Crippen LogP contribution in [0.5, 0.6) is 28.7 Å². The fourth-order valence-electron chi connectivity index (χ4n) is 2.88. The largest absolute Gasteiger partial charge is 0.507 e. The summed E-state index contributed by atoms with van der Waals surface area (Å²) in [5.74, 6) is -2.92. The molecule has 0 radical (unpaired) electrons. The minimum absolute atomic E-state index is 0.0500. The molecule has 0 saturated carbocycles. The van der Waals surface area contributed by atoms with E-state index in [-0.39, 0.29) is 39.3 Å². The second kappa shape index (κ2) is 5.16. The molecule has 0 bridgehead atoms. The Kier molecular flexibility index (Phi) is 3.37. The van der Waals surface area contributed by atoms with Crippen molar-refractivity contribution in [1.82, 2.24) is 0 Å². The lowest BCUT2D eigenvalue weighted by molar-refractivity contribution is 0.0970. The predicted octanol–water partition coefficient (Wildman–Crippen LogP) is 1.90. The summed E-state index contributed by atoms with van der Waals surface area (Å²) in [6, 6.07) is 2.41. The molecule has 0 heterocycles. The minimum atomic E-state index is -0.731. The first-order chi connectivity index (χ1) is 11.3. The maximum absolute atomic E-state index is 12.9. The molecule has 0 saturated heterocycles. The minimum Gasteiger partial charge on any atom is -0.507 e. The van der Waals surface area contributed by atoms with Crippen LogP contribution in [0.3, 0.4) is 0 Å². The summed E-state index contributed by atoms with van der Waals surface area (Å²) < 4.78 is 10.1. The van der Waals surface area contributed by atoms with Crippen LogP contribution in [0.2, 0.25) is 0 Å². The number of hydrogen-bond acceptors (Lipinski definition) is 7. The molecule has 0 amide bonds. The van der Waals surface area contributed by atoms with Gasteiger partial charge in [0.1, 0.15) is 11.5 Å². The average molecular weight is 330 g/mol. The third-order valence-electron chi connectivity index (χ3n) is 4.04. The zero-order valence-electron chi connectivity index (χ0n) is 13.1. The monoisotopic (exact) mass is 330 g/mol. The van der Waals surface area contributed by atoms with Crippen molar-refractivity contribution in [2.45, 2.75) is 6.92 Å². The van der Waals surface area contributed by atoms with E-state index in [0.717, 1.165) is 0 Å². The molecule has 124 valence electrons. The van der Waals surface area contributed by atoms with Crippen molar-refractivity contribution in [2.24, 2.45) is 0 Å². The second-order valence-corrected chi connectivity index (χ2v) is 5.35. The van der Waals surface area contributed by atoms with E-state index in [9.17, 15) is 24.9 Å². The van der Waals surface area contributed by atoms with E-state index in [1.54, 1.807) is 0 Å². The highest BCUT2D eigenvalue weighted by molar-refractivity contribution is 6.31. The predicted molar refractivity (Wildman–Crippen MR) is 82.6 cm³/mol. The van der Waals surface area contributed by atoms with Crippen LogP contribution in [0.15, 0.2) is 12.1 Å². The van der Waals surface area contributed by atoms with Crippen molar-refractivity contribution >= 4 is 11.6 Å². The number of carbonyl (C=O) groups is 2. The van der Waals surface area contributed by atoms with E-state index in [4.69, 9.17) is 9.47 Å². The number of aryl methyl sites for hydroxylation is 1. The van der Waals surface area contributed by atoms with Gasteiger partial charge in [-0.15, -0.1) is 0 Å². The highest BCUT2D eigenvalue weighted by atomic mass is 16.5. The Labute approximate surface area is 136 Å². The van der Waals surface area contributed by atoms with Crippen LogP contribution in [0.25, 0.3) is 0 Å². The number of hydrogen-bond donors (Lipinski definition) is 3. The van der Waals surface area contributed by atoms with Gasteiger partial charge in [0.25, 0.3) is 0 Å². The molecular formula is C17H14O7. The van der Waals surface area contributed by atoms with Gasteiger partial charge in [0.2, 0.25) is 11.5 Å². The zero-order chi connectivity index (χ0) is 17.8. The van der Waals surface area contributed by atoms with E-state index in [1.807, 2.05) is 0 Å². The van der Waals surface area contributed by atoms with Gasteiger partial charge in [-0.25, -0.2) is 0 Å². The number of ketones is 2. The molecule has 2 aromatic rings. The van der Waals surface area contributed by atoms with Gasteiger partial charge in [-0.05, 0) is 24.6 Å². The van der Waals surface area contributed by atoms with E-state index in [0.29, 0.717) is 0 Å². The van der Waals surface area contributed by atoms with Gasteiger partial charge in [0, 0.05) is 5.56 Å². The maximum atomic E-state index is 12.9. The van der Waals surface area contributed by atoms with Gasteiger partial charge < -0.3 is 24.8 Å². The molecule has 1 aliphatic rings. The smallest absolute Gasteiger partial charge is 0.202 e. The van der Waals surface area contributed by atoms with Crippen LogP contribution < -0.4 is 9.47 Å². The fourth-order valence-corrected chi connectivity index (χ4v) is 2.88. The first kappa shape index (κ1) is 15.7. The Morgan fingerprint density at radius 1 is 0.833 bits per heavy atom. The van der Waals surface area contributed by atoms with Gasteiger partial charge in [-0.3, -0.25) is 9.59 Å². The Hall–Kier alpha value is -3.22. The molecule has 3 rings (SSSR count). The first-order valence-corrected chi connectivity index (χ1v) is 6.96. The lowest BCUT2D eigenvalue weighted by Gasteiger charge is -2.23. The van der Waals surface area contributed by atoms with Crippen LogP contribution in [0.4, 0.5) is 0 Å². The molecule has 0 aromatic heterocycles. The zero-order valence-corrected chi connectivity index (χ0v) is 13.1. The van der Waals surface area contributed by atoms with Crippen molar-refractivity contribution < 1.29 is 34.4 Å². The van der Waals surface area contributed by atoms with Gasteiger partial charge in [0.05, 0.1) is 30.9 Å². The topological polar surface area (TPSA) is 113 Å². The normalized spacial score (nSPS) is 12.6. The van der Waals surface area contributed by atoms with Gasteiger partial charge in [-0.2, -0.15) is 0 Å². The number of fused-ring (bicyclic) bond motifs is 2. The molecule has 0 fully saturated rings. The van der Waals surface area contributed by atoms with Gasteiger partial charge in [0.15, 0.2) is 17.3 Å². The first-order valence-electron chi connectivity index (χ1n) is 6.96. The second-order valence-electron chi connectivity index (χ2n) is 5.35. The lowest BCUT2D eigenvalue weighted by Crippen LogP contribution is -2.22. The third-order valence-corrected chi connectivity index (χ3v) is 4.04. The molecule has 0 spiro atoms. The Morgan fingerprint density at radius 3 is 2.08 bits per heavy atom. The molecule has 0 atom stereocenters. The molecule has 0 aliphatic heterocycles. The average Bonchev–Trinajstić information content (AvgIpc) is 2.55. The number of ether oxygens (including phenoxy) is 2. The highest BCUT2D eigenvalue weighted by Gasteiger charge is 2.39. The van der Waals surface area contributed by atoms with E-state index in [2.05, 4.69) is 0 Å². The molecule has 1 aliphatic carbocycles. The molecule has 7 nitrogen and oxygen atoms in total. The Bertz CT molecular complexity index is 912. The van der Waals surface area contributed by atoms with Crippen molar-refractivity contribution in [1.29, 1.82) is 0 Å².